The molecule has 0 radical (unpaired) electrons. The zero-order valence-corrected chi connectivity index (χ0v) is 19.7. The largest absolute Gasteiger partial charge is 0.395 e. The van der Waals surface area contributed by atoms with Gasteiger partial charge in [-0.1, -0.05) is 24.3 Å². The van der Waals surface area contributed by atoms with E-state index < -0.39 is 0 Å². The van der Waals surface area contributed by atoms with Gasteiger partial charge >= 0.3 is 0 Å². The number of hydrogen-bond donors (Lipinski definition) is 3. The maximum atomic E-state index is 12.1. The van der Waals surface area contributed by atoms with Crippen molar-refractivity contribution in [1.82, 2.24) is 15.5 Å². The standard InChI is InChI=1S/C24H45N3O3/c1-5-7-9-11-13-15-23(29)25-19-21(3)27(17-18-28)22(4)20-26-24(30)16-14-12-10-8-6-2/h5-8,21-22,28H,9-20H2,1-4H3,(H,25,29)(H,26,30)/b7-5+,8-6+. The van der Waals surface area contributed by atoms with Crippen molar-refractivity contribution in [2.75, 3.05) is 26.2 Å². The predicted octanol–water partition coefficient (Wildman–Crippen LogP) is 3.56. The molecule has 0 bridgehead atoms. The van der Waals surface area contributed by atoms with E-state index in [1.165, 1.54) is 0 Å². The number of hydrogen-bond acceptors (Lipinski definition) is 4. The molecule has 0 fully saturated rings. The zero-order valence-electron chi connectivity index (χ0n) is 19.7. The van der Waals surface area contributed by atoms with Crippen molar-refractivity contribution in [1.29, 1.82) is 0 Å². The number of nitrogens with zero attached hydrogens (tertiary/aromatic N) is 1. The molecule has 0 aromatic rings. The van der Waals surface area contributed by atoms with Crippen LogP contribution in [0.25, 0.3) is 0 Å². The first kappa shape index (κ1) is 28.3. The molecule has 0 aliphatic carbocycles. The monoisotopic (exact) mass is 423 g/mol. The van der Waals surface area contributed by atoms with Crippen LogP contribution in [0, 0.1) is 0 Å². The van der Waals surface area contributed by atoms with Gasteiger partial charge in [0.15, 0.2) is 0 Å². The van der Waals surface area contributed by atoms with Gasteiger partial charge in [-0.05, 0) is 66.2 Å². The van der Waals surface area contributed by atoms with E-state index in [2.05, 4.69) is 27.7 Å². The summed E-state index contributed by atoms with van der Waals surface area (Å²) < 4.78 is 0. The number of aliphatic hydroxyl groups is 1. The summed E-state index contributed by atoms with van der Waals surface area (Å²) in [5.41, 5.74) is 0. The van der Waals surface area contributed by atoms with E-state index in [9.17, 15) is 14.7 Å². The van der Waals surface area contributed by atoms with Gasteiger partial charge in [-0.2, -0.15) is 0 Å². The van der Waals surface area contributed by atoms with Crippen LogP contribution in [0.5, 0.6) is 0 Å². The maximum Gasteiger partial charge on any atom is 0.220 e. The van der Waals surface area contributed by atoms with Crippen LogP contribution in [0.1, 0.15) is 79.1 Å². The topological polar surface area (TPSA) is 81.7 Å². The number of rotatable bonds is 18. The summed E-state index contributed by atoms with van der Waals surface area (Å²) in [7, 11) is 0. The van der Waals surface area contributed by atoms with E-state index in [0.29, 0.717) is 32.5 Å². The first-order valence-corrected chi connectivity index (χ1v) is 11.6. The van der Waals surface area contributed by atoms with E-state index >= 15 is 0 Å². The Kier molecular flexibility index (Phi) is 18.2. The normalized spacial score (nSPS) is 13.8. The SMILES string of the molecule is C/C=C/CCCCC(=O)NCC(C)N(CCO)C(C)CNC(=O)CCCC/C=C/C. The lowest BCUT2D eigenvalue weighted by Crippen LogP contribution is -2.51. The minimum absolute atomic E-state index is 0.0481. The van der Waals surface area contributed by atoms with Gasteiger partial charge in [0.1, 0.15) is 0 Å². The second kappa shape index (κ2) is 19.3. The van der Waals surface area contributed by atoms with Gasteiger partial charge in [-0.3, -0.25) is 14.5 Å². The number of carbonyl (C=O) groups excluding carboxylic acids is 2. The van der Waals surface area contributed by atoms with Gasteiger partial charge in [0.05, 0.1) is 6.61 Å². The van der Waals surface area contributed by atoms with E-state index in [1.807, 2.05) is 39.8 Å². The van der Waals surface area contributed by atoms with Crippen LogP contribution in [0.4, 0.5) is 0 Å². The fraction of sp³-hybridized carbons (Fsp3) is 0.750. The van der Waals surface area contributed by atoms with E-state index in [1.54, 1.807) is 0 Å². The number of allylic oxidation sites excluding steroid dienone is 4. The maximum absolute atomic E-state index is 12.1. The van der Waals surface area contributed by atoms with Crippen LogP contribution in [0.15, 0.2) is 24.3 Å². The van der Waals surface area contributed by atoms with Crippen LogP contribution in [0.3, 0.4) is 0 Å². The van der Waals surface area contributed by atoms with Crippen molar-refractivity contribution in [3.05, 3.63) is 24.3 Å². The molecule has 0 aliphatic heterocycles. The molecule has 174 valence electrons. The third-order valence-corrected chi connectivity index (χ3v) is 5.20. The Morgan fingerprint density at radius 2 is 1.27 bits per heavy atom. The van der Waals surface area contributed by atoms with Crippen molar-refractivity contribution in [2.45, 2.75) is 91.1 Å². The van der Waals surface area contributed by atoms with Crippen LogP contribution in [-0.2, 0) is 9.59 Å². The van der Waals surface area contributed by atoms with Gasteiger partial charge < -0.3 is 15.7 Å². The molecular weight excluding hydrogens is 378 g/mol. The molecule has 0 spiro atoms. The first-order chi connectivity index (χ1) is 14.5. The summed E-state index contributed by atoms with van der Waals surface area (Å²) in [4.78, 5) is 26.2. The minimum Gasteiger partial charge on any atom is -0.395 e. The Balaban J connectivity index is 4.23. The van der Waals surface area contributed by atoms with E-state index in [-0.39, 0.29) is 30.5 Å². The molecule has 3 N–H and O–H groups in total. The van der Waals surface area contributed by atoms with Crippen molar-refractivity contribution in [2.24, 2.45) is 0 Å². The van der Waals surface area contributed by atoms with Crippen LogP contribution < -0.4 is 10.6 Å². The first-order valence-electron chi connectivity index (χ1n) is 11.6. The molecule has 0 aromatic heterocycles. The second-order valence-electron chi connectivity index (χ2n) is 7.90. The van der Waals surface area contributed by atoms with E-state index in [4.69, 9.17) is 0 Å². The van der Waals surface area contributed by atoms with Crippen LogP contribution >= 0.6 is 0 Å². The zero-order chi connectivity index (χ0) is 22.6. The predicted molar refractivity (Wildman–Crippen MR) is 125 cm³/mol. The highest BCUT2D eigenvalue weighted by Crippen LogP contribution is 2.06. The molecule has 2 amide bonds. The summed E-state index contributed by atoms with van der Waals surface area (Å²) in [5.74, 6) is 0.148. The van der Waals surface area contributed by atoms with Gasteiger partial charge in [0.25, 0.3) is 0 Å². The molecular formula is C24H45N3O3. The van der Waals surface area contributed by atoms with Crippen molar-refractivity contribution in [3.8, 4) is 0 Å². The number of amides is 2. The van der Waals surface area contributed by atoms with Crippen molar-refractivity contribution in [3.63, 3.8) is 0 Å². The highest BCUT2D eigenvalue weighted by molar-refractivity contribution is 5.76. The summed E-state index contributed by atoms with van der Waals surface area (Å²) >= 11 is 0. The Morgan fingerprint density at radius 3 is 1.63 bits per heavy atom. The second-order valence-corrected chi connectivity index (χ2v) is 7.90. The average molecular weight is 424 g/mol. The molecule has 0 saturated heterocycles. The third-order valence-electron chi connectivity index (χ3n) is 5.20. The summed E-state index contributed by atoms with van der Waals surface area (Å²) in [6.45, 7) is 9.74. The molecule has 2 unspecified atom stereocenters. The Morgan fingerprint density at radius 1 is 0.833 bits per heavy atom. The Labute approximate surface area is 184 Å². The molecule has 0 rings (SSSR count). The highest BCUT2D eigenvalue weighted by atomic mass is 16.3. The molecule has 6 heteroatoms. The highest BCUT2D eigenvalue weighted by Gasteiger charge is 2.20. The average Bonchev–Trinajstić information content (AvgIpc) is 2.73. The molecule has 0 heterocycles. The summed E-state index contributed by atoms with van der Waals surface area (Å²) in [5, 5.41) is 15.4. The number of carbonyl (C=O) groups is 2. The van der Waals surface area contributed by atoms with Crippen LogP contribution in [-0.4, -0.2) is 60.1 Å². The number of nitrogens with one attached hydrogen (secondary N) is 2. The number of aliphatic hydroxyl groups excluding tert-OH is 1. The van der Waals surface area contributed by atoms with Gasteiger partial charge in [-0.15, -0.1) is 0 Å². The van der Waals surface area contributed by atoms with Crippen LogP contribution in [0.2, 0.25) is 0 Å². The molecule has 6 nitrogen and oxygen atoms in total. The quantitative estimate of drug-likeness (QED) is 0.233. The van der Waals surface area contributed by atoms with Crippen molar-refractivity contribution >= 4 is 11.8 Å². The lowest BCUT2D eigenvalue weighted by atomic mass is 10.1. The van der Waals surface area contributed by atoms with Gasteiger partial charge in [0, 0.05) is 44.6 Å². The third kappa shape index (κ3) is 15.2. The lowest BCUT2D eigenvalue weighted by molar-refractivity contribution is -0.121. The fourth-order valence-electron chi connectivity index (χ4n) is 3.35. The summed E-state index contributed by atoms with van der Waals surface area (Å²) in [6.07, 6.45) is 15.3. The summed E-state index contributed by atoms with van der Waals surface area (Å²) in [6, 6.07) is 0.161. The molecule has 0 saturated carbocycles. The van der Waals surface area contributed by atoms with E-state index in [0.717, 1.165) is 38.5 Å². The molecule has 0 aromatic carbocycles. The smallest absolute Gasteiger partial charge is 0.220 e. The number of unbranched alkanes of at least 4 members (excludes halogenated alkanes) is 4. The minimum atomic E-state index is 0.0481. The van der Waals surface area contributed by atoms with Gasteiger partial charge in [0.2, 0.25) is 11.8 Å². The Hall–Kier alpha value is -1.66. The molecule has 2 atom stereocenters. The van der Waals surface area contributed by atoms with Gasteiger partial charge in [-0.25, -0.2) is 0 Å². The Bertz CT molecular complexity index is 464. The molecule has 0 aliphatic rings. The lowest BCUT2D eigenvalue weighted by Gasteiger charge is -2.34. The molecule has 30 heavy (non-hydrogen) atoms. The fourth-order valence-corrected chi connectivity index (χ4v) is 3.35. The van der Waals surface area contributed by atoms with Crippen molar-refractivity contribution < 1.29 is 14.7 Å².